The predicted molar refractivity (Wildman–Crippen MR) is 88.7 cm³/mol. The van der Waals surface area contributed by atoms with E-state index >= 15 is 0 Å². The maximum Gasteiger partial charge on any atom is 0.123 e. The molecule has 2 aromatic rings. The van der Waals surface area contributed by atoms with Crippen LogP contribution in [0.3, 0.4) is 0 Å². The van der Waals surface area contributed by atoms with Crippen molar-refractivity contribution in [2.24, 2.45) is 0 Å². The molecule has 3 heteroatoms. The second-order valence-electron chi connectivity index (χ2n) is 6.62. The van der Waals surface area contributed by atoms with Crippen LogP contribution in [0.4, 0.5) is 15.8 Å². The van der Waals surface area contributed by atoms with Gasteiger partial charge in [-0.25, -0.2) is 4.39 Å². The molecule has 0 radical (unpaired) electrons. The third-order valence-corrected chi connectivity index (χ3v) is 4.97. The fourth-order valence-corrected chi connectivity index (χ4v) is 3.46. The molecule has 114 valence electrons. The fraction of sp³-hybridized carbons (Fsp3) is 0.368. The summed E-state index contributed by atoms with van der Waals surface area (Å²) in [5.74, 6) is 0.524. The highest BCUT2D eigenvalue weighted by atomic mass is 19.1. The smallest absolute Gasteiger partial charge is 0.123 e. The molecule has 2 aromatic carbocycles. The van der Waals surface area contributed by atoms with Crippen LogP contribution in [0.1, 0.15) is 41.0 Å². The zero-order chi connectivity index (χ0) is 15.3. The Labute approximate surface area is 130 Å². The van der Waals surface area contributed by atoms with E-state index in [0.717, 1.165) is 30.8 Å². The molecular formula is C19H21FN2. The van der Waals surface area contributed by atoms with E-state index in [-0.39, 0.29) is 5.82 Å². The lowest BCUT2D eigenvalue weighted by molar-refractivity contribution is 0.619. The second kappa shape index (κ2) is 5.01. The normalized spacial score (nSPS) is 17.5. The molecule has 0 bridgehead atoms. The van der Waals surface area contributed by atoms with E-state index in [2.05, 4.69) is 24.0 Å². The Balaban J connectivity index is 1.67. The maximum atomic E-state index is 13.3. The molecule has 0 atom stereocenters. The highest BCUT2D eigenvalue weighted by Gasteiger charge is 2.27. The topological polar surface area (TPSA) is 29.3 Å². The minimum Gasteiger partial charge on any atom is -0.398 e. The Morgan fingerprint density at radius 2 is 1.95 bits per heavy atom. The molecule has 1 saturated carbocycles. The van der Waals surface area contributed by atoms with Gasteiger partial charge in [-0.15, -0.1) is 0 Å². The molecule has 2 aliphatic rings. The van der Waals surface area contributed by atoms with Crippen LogP contribution in [-0.2, 0) is 13.0 Å². The number of nitrogens with two attached hydrogens (primary N) is 1. The number of nitrogens with zero attached hydrogens (tertiary/aromatic N) is 1. The Kier molecular flexibility index (Phi) is 3.10. The zero-order valence-electron chi connectivity index (χ0n) is 12.9. The summed E-state index contributed by atoms with van der Waals surface area (Å²) in [6.07, 6.45) is 3.42. The van der Waals surface area contributed by atoms with Gasteiger partial charge in [0.1, 0.15) is 5.82 Å². The molecule has 2 N–H and O–H groups in total. The summed E-state index contributed by atoms with van der Waals surface area (Å²) in [5, 5.41) is 0. The summed E-state index contributed by atoms with van der Waals surface area (Å²) in [7, 11) is 0. The molecule has 22 heavy (non-hydrogen) atoms. The molecule has 0 amide bonds. The Morgan fingerprint density at radius 1 is 1.14 bits per heavy atom. The number of hydrogen-bond donors (Lipinski definition) is 1. The van der Waals surface area contributed by atoms with Crippen molar-refractivity contribution < 1.29 is 4.39 Å². The molecular weight excluding hydrogens is 275 g/mol. The average molecular weight is 296 g/mol. The number of nitrogen functional groups attached to an aromatic ring is 1. The summed E-state index contributed by atoms with van der Waals surface area (Å²) in [6.45, 7) is 3.88. The van der Waals surface area contributed by atoms with Crippen molar-refractivity contribution in [2.75, 3.05) is 17.2 Å². The Bertz CT molecular complexity index is 734. The van der Waals surface area contributed by atoms with Crippen LogP contribution in [0.25, 0.3) is 0 Å². The highest BCUT2D eigenvalue weighted by molar-refractivity contribution is 5.65. The van der Waals surface area contributed by atoms with Crippen LogP contribution in [-0.4, -0.2) is 6.54 Å². The SMILES string of the molecule is Cc1cc(N2CCc3cc(F)ccc3C2)cc(C2CC2)c1N. The second-order valence-corrected chi connectivity index (χ2v) is 6.62. The van der Waals surface area contributed by atoms with E-state index in [4.69, 9.17) is 5.73 Å². The quantitative estimate of drug-likeness (QED) is 0.843. The average Bonchev–Trinajstić information content (AvgIpc) is 3.34. The van der Waals surface area contributed by atoms with E-state index in [1.165, 1.54) is 35.2 Å². The number of fused-ring (bicyclic) bond motifs is 1. The van der Waals surface area contributed by atoms with Gasteiger partial charge in [0.15, 0.2) is 0 Å². The summed E-state index contributed by atoms with van der Waals surface area (Å²) in [5.41, 5.74) is 13.3. The highest BCUT2D eigenvalue weighted by Crippen LogP contribution is 2.45. The molecule has 1 fully saturated rings. The van der Waals surface area contributed by atoms with Gasteiger partial charge in [0, 0.05) is 24.5 Å². The number of benzene rings is 2. The lowest BCUT2D eigenvalue weighted by Gasteiger charge is -2.31. The van der Waals surface area contributed by atoms with Crippen molar-refractivity contribution in [3.63, 3.8) is 0 Å². The molecule has 0 aromatic heterocycles. The van der Waals surface area contributed by atoms with Gasteiger partial charge in [-0.3, -0.25) is 0 Å². The molecule has 1 aliphatic carbocycles. The van der Waals surface area contributed by atoms with Crippen molar-refractivity contribution in [3.8, 4) is 0 Å². The summed E-state index contributed by atoms with van der Waals surface area (Å²) >= 11 is 0. The lowest BCUT2D eigenvalue weighted by atomic mass is 9.97. The van der Waals surface area contributed by atoms with Crippen LogP contribution in [0.2, 0.25) is 0 Å². The predicted octanol–water partition coefficient (Wildman–Crippen LogP) is 4.16. The van der Waals surface area contributed by atoms with E-state index in [9.17, 15) is 4.39 Å². The first-order valence-electron chi connectivity index (χ1n) is 8.04. The first-order chi connectivity index (χ1) is 10.6. The van der Waals surface area contributed by atoms with Crippen LogP contribution in [0.5, 0.6) is 0 Å². The van der Waals surface area contributed by atoms with E-state index in [0.29, 0.717) is 5.92 Å². The molecule has 1 heterocycles. The standard InChI is InChI=1S/C19H21FN2/c1-12-8-17(10-18(19(12)21)13-2-3-13)22-7-6-14-9-16(20)5-4-15(14)11-22/h4-5,8-10,13H,2-3,6-7,11,21H2,1H3. The zero-order valence-corrected chi connectivity index (χ0v) is 12.9. The van der Waals surface area contributed by atoms with Crippen LogP contribution < -0.4 is 10.6 Å². The third-order valence-electron chi connectivity index (χ3n) is 4.97. The number of aryl methyl sites for hydroxylation is 1. The largest absolute Gasteiger partial charge is 0.398 e. The Hall–Kier alpha value is -2.03. The van der Waals surface area contributed by atoms with Crippen molar-refractivity contribution in [1.82, 2.24) is 0 Å². The van der Waals surface area contributed by atoms with Gasteiger partial charge in [-0.1, -0.05) is 6.07 Å². The number of anilines is 2. The minimum atomic E-state index is -0.133. The van der Waals surface area contributed by atoms with Gasteiger partial charge in [-0.05, 0) is 78.6 Å². The molecule has 0 unspecified atom stereocenters. The molecule has 0 spiro atoms. The van der Waals surface area contributed by atoms with Gasteiger partial charge in [-0.2, -0.15) is 0 Å². The molecule has 2 nitrogen and oxygen atoms in total. The number of halogens is 1. The van der Waals surface area contributed by atoms with Gasteiger partial charge in [0.25, 0.3) is 0 Å². The first kappa shape index (κ1) is 13.6. The minimum absolute atomic E-state index is 0.133. The third kappa shape index (κ3) is 2.35. The number of hydrogen-bond acceptors (Lipinski definition) is 2. The van der Waals surface area contributed by atoms with Crippen molar-refractivity contribution in [2.45, 2.75) is 38.6 Å². The number of rotatable bonds is 2. The van der Waals surface area contributed by atoms with E-state index < -0.39 is 0 Å². The van der Waals surface area contributed by atoms with Crippen LogP contribution in [0, 0.1) is 12.7 Å². The maximum absolute atomic E-state index is 13.3. The van der Waals surface area contributed by atoms with Crippen molar-refractivity contribution in [3.05, 3.63) is 58.4 Å². The fourth-order valence-electron chi connectivity index (χ4n) is 3.46. The first-order valence-corrected chi connectivity index (χ1v) is 8.04. The van der Waals surface area contributed by atoms with Crippen LogP contribution >= 0.6 is 0 Å². The molecule has 1 aliphatic heterocycles. The van der Waals surface area contributed by atoms with Gasteiger partial charge in [0.2, 0.25) is 0 Å². The van der Waals surface area contributed by atoms with Gasteiger partial charge in [0.05, 0.1) is 0 Å². The van der Waals surface area contributed by atoms with Crippen molar-refractivity contribution >= 4 is 11.4 Å². The summed E-state index contributed by atoms with van der Waals surface area (Å²) < 4.78 is 13.3. The van der Waals surface area contributed by atoms with Gasteiger partial charge >= 0.3 is 0 Å². The lowest BCUT2D eigenvalue weighted by Crippen LogP contribution is -2.30. The van der Waals surface area contributed by atoms with E-state index in [1.807, 2.05) is 6.07 Å². The van der Waals surface area contributed by atoms with Gasteiger partial charge < -0.3 is 10.6 Å². The summed E-state index contributed by atoms with van der Waals surface area (Å²) in [6, 6.07) is 9.62. The molecule has 0 saturated heterocycles. The van der Waals surface area contributed by atoms with Crippen molar-refractivity contribution in [1.29, 1.82) is 0 Å². The monoisotopic (exact) mass is 296 g/mol. The van der Waals surface area contributed by atoms with E-state index in [1.54, 1.807) is 12.1 Å². The molecule has 4 rings (SSSR count). The van der Waals surface area contributed by atoms with Crippen LogP contribution in [0.15, 0.2) is 30.3 Å². The summed E-state index contributed by atoms with van der Waals surface area (Å²) in [4.78, 5) is 2.39. The Morgan fingerprint density at radius 3 is 2.73 bits per heavy atom.